The van der Waals surface area contributed by atoms with Crippen LogP contribution in [0.25, 0.3) is 96.3 Å². The zero-order chi connectivity index (χ0) is 40.0. The van der Waals surface area contributed by atoms with Crippen LogP contribution < -0.4 is 4.90 Å². The van der Waals surface area contributed by atoms with Crippen molar-refractivity contribution in [2.45, 2.75) is 12.8 Å². The van der Waals surface area contributed by atoms with Crippen LogP contribution >= 0.6 is 11.3 Å². The van der Waals surface area contributed by atoms with Crippen molar-refractivity contribution in [1.82, 2.24) is 4.57 Å². The van der Waals surface area contributed by atoms with E-state index >= 15 is 0 Å². The Bertz CT molecular complexity index is 3800. The maximum Gasteiger partial charge on any atom is 0.0541 e. The molecule has 0 amide bonds. The number of nitrogens with zero attached hydrogens (tertiary/aromatic N) is 2. The third kappa shape index (κ3) is 5.34. The SMILES string of the molecule is C1=C(c2ccc3c(c2)c2ccccc2n3-c2cccc3ccccc23)CCC(N(c2ccc3sc4ccccc4c3c2)c2ccc3c4ccccc4c4ccccc4c3c2)=C1. The van der Waals surface area contributed by atoms with E-state index in [1.807, 2.05) is 11.3 Å². The fourth-order valence-electron chi connectivity index (χ4n) is 10.3. The second kappa shape index (κ2) is 13.5. The minimum absolute atomic E-state index is 0.917. The molecule has 2 heterocycles. The first-order chi connectivity index (χ1) is 30.2. The van der Waals surface area contributed by atoms with E-state index in [0.29, 0.717) is 0 Å². The van der Waals surface area contributed by atoms with Gasteiger partial charge in [-0.2, -0.15) is 0 Å². The van der Waals surface area contributed by atoms with Crippen molar-refractivity contribution in [3.8, 4) is 5.69 Å². The maximum atomic E-state index is 2.52. The van der Waals surface area contributed by atoms with E-state index in [-0.39, 0.29) is 0 Å². The van der Waals surface area contributed by atoms with E-state index in [2.05, 4.69) is 216 Å². The van der Waals surface area contributed by atoms with Crippen LogP contribution in [0.3, 0.4) is 0 Å². The molecular formula is C58H38N2S. The van der Waals surface area contributed by atoms with E-state index < -0.39 is 0 Å². The molecule has 2 aromatic heterocycles. The van der Waals surface area contributed by atoms with Gasteiger partial charge in [0, 0.05) is 53.4 Å². The highest BCUT2D eigenvalue weighted by Gasteiger charge is 2.22. The first kappa shape index (κ1) is 34.4. The lowest BCUT2D eigenvalue weighted by Gasteiger charge is -2.30. The van der Waals surface area contributed by atoms with Gasteiger partial charge in [-0.25, -0.2) is 0 Å². The van der Waals surface area contributed by atoms with Gasteiger partial charge in [-0.05, 0) is 128 Å². The van der Waals surface area contributed by atoms with Gasteiger partial charge in [-0.15, -0.1) is 11.3 Å². The molecule has 1 aliphatic rings. The van der Waals surface area contributed by atoms with Crippen molar-refractivity contribution >= 4 is 113 Å². The highest BCUT2D eigenvalue weighted by atomic mass is 32.1. The van der Waals surface area contributed by atoms with Crippen LogP contribution in [0.2, 0.25) is 0 Å². The van der Waals surface area contributed by atoms with E-state index in [0.717, 1.165) is 12.8 Å². The third-order valence-corrected chi connectivity index (χ3v) is 14.2. The fraction of sp³-hybridized carbons (Fsp3) is 0.0345. The molecule has 2 nitrogen and oxygen atoms in total. The number of fused-ring (bicyclic) bond motifs is 13. The molecule has 1 aliphatic carbocycles. The summed E-state index contributed by atoms with van der Waals surface area (Å²) in [5.41, 5.74) is 9.98. The molecule has 0 fully saturated rings. The van der Waals surface area contributed by atoms with Gasteiger partial charge in [0.05, 0.1) is 16.7 Å². The van der Waals surface area contributed by atoms with Gasteiger partial charge < -0.3 is 9.47 Å². The minimum atomic E-state index is 0.917. The predicted octanol–water partition coefficient (Wildman–Crippen LogP) is 16.7. The molecule has 13 rings (SSSR count). The quantitative estimate of drug-likeness (QED) is 0.158. The van der Waals surface area contributed by atoms with Gasteiger partial charge in [-0.3, -0.25) is 0 Å². The monoisotopic (exact) mass is 794 g/mol. The molecule has 0 saturated heterocycles. The van der Waals surface area contributed by atoms with Gasteiger partial charge in [0.1, 0.15) is 0 Å². The van der Waals surface area contributed by atoms with Crippen molar-refractivity contribution in [3.05, 3.63) is 218 Å². The molecule has 3 heteroatoms. The smallest absolute Gasteiger partial charge is 0.0541 e. The number of thiophene rings is 1. The van der Waals surface area contributed by atoms with E-state index in [1.54, 1.807) is 0 Å². The Labute approximate surface area is 357 Å². The maximum absolute atomic E-state index is 2.52. The molecule has 0 atom stereocenters. The number of hydrogen-bond acceptors (Lipinski definition) is 2. The Balaban J connectivity index is 0.969. The summed E-state index contributed by atoms with van der Waals surface area (Å²) in [6.07, 6.45) is 6.61. The normalized spacial score (nSPS) is 13.3. The topological polar surface area (TPSA) is 8.17 Å². The Morgan fingerprint density at radius 1 is 0.377 bits per heavy atom. The third-order valence-electron chi connectivity index (χ3n) is 13.1. The first-order valence-electron chi connectivity index (χ1n) is 21.2. The van der Waals surface area contributed by atoms with E-state index in [4.69, 9.17) is 0 Å². The van der Waals surface area contributed by atoms with Crippen LogP contribution in [0.5, 0.6) is 0 Å². The summed E-state index contributed by atoms with van der Waals surface area (Å²) in [6.45, 7) is 0. The fourth-order valence-corrected chi connectivity index (χ4v) is 11.3. The summed E-state index contributed by atoms with van der Waals surface area (Å²) in [5, 5.41) is 15.4. The van der Waals surface area contributed by atoms with Gasteiger partial charge in [0.2, 0.25) is 0 Å². The number of anilines is 2. The Morgan fingerprint density at radius 2 is 0.967 bits per heavy atom. The van der Waals surface area contributed by atoms with Crippen molar-refractivity contribution < 1.29 is 0 Å². The number of allylic oxidation sites excluding steroid dienone is 4. The van der Waals surface area contributed by atoms with Crippen LogP contribution in [0.15, 0.2) is 212 Å². The second-order valence-corrected chi connectivity index (χ2v) is 17.5. The largest absolute Gasteiger partial charge is 0.314 e. The first-order valence-corrected chi connectivity index (χ1v) is 22.0. The van der Waals surface area contributed by atoms with Crippen LogP contribution in [-0.2, 0) is 0 Å². The van der Waals surface area contributed by atoms with Crippen LogP contribution in [0, 0.1) is 0 Å². The summed E-state index contributed by atoms with van der Waals surface area (Å²) in [5.74, 6) is 0. The second-order valence-electron chi connectivity index (χ2n) is 16.4. The highest BCUT2D eigenvalue weighted by molar-refractivity contribution is 7.25. The molecule has 0 radical (unpaired) electrons. The lowest BCUT2D eigenvalue weighted by Crippen LogP contribution is -2.18. The molecule has 0 N–H and O–H groups in total. The van der Waals surface area contributed by atoms with Crippen LogP contribution in [0.1, 0.15) is 18.4 Å². The summed E-state index contributed by atoms with van der Waals surface area (Å²) < 4.78 is 5.09. The highest BCUT2D eigenvalue weighted by Crippen LogP contribution is 2.44. The number of aromatic nitrogens is 1. The standard InChI is InChI=1S/C58H38N2S/c1-2-14-43-38(12-1)13-11-22-54(43)60-55-21-9-7-19-49(55)52-34-39(26-32-56(52)60)37-24-27-40(28-25-37)59(42-30-33-58-53(36-42)50-20-8-10-23-57(50)61-58)41-29-31-48-46-17-4-3-15-44(46)45-16-5-6-18-47(45)51(48)35-41/h1-24,26-27,29-36H,25,28H2. The Morgan fingerprint density at radius 3 is 1.74 bits per heavy atom. The number of benzene rings is 10. The molecule has 0 aliphatic heterocycles. The molecule has 10 aromatic carbocycles. The molecule has 61 heavy (non-hydrogen) atoms. The Kier molecular flexibility index (Phi) is 7.64. The Hall–Kier alpha value is -7.46. The van der Waals surface area contributed by atoms with Crippen molar-refractivity contribution in [2.75, 3.05) is 4.90 Å². The van der Waals surface area contributed by atoms with Gasteiger partial charge >= 0.3 is 0 Å². The van der Waals surface area contributed by atoms with Gasteiger partial charge in [0.25, 0.3) is 0 Å². The summed E-state index contributed by atoms with van der Waals surface area (Å²) in [6, 6.07) is 72.0. The van der Waals surface area contributed by atoms with Crippen molar-refractivity contribution in [1.29, 1.82) is 0 Å². The molecule has 0 bridgehead atoms. The predicted molar refractivity (Wildman–Crippen MR) is 264 cm³/mol. The van der Waals surface area contributed by atoms with Crippen molar-refractivity contribution in [2.24, 2.45) is 0 Å². The lowest BCUT2D eigenvalue weighted by atomic mass is 9.92. The lowest BCUT2D eigenvalue weighted by molar-refractivity contribution is 0.931. The average Bonchev–Trinajstić information content (AvgIpc) is 3.87. The van der Waals surface area contributed by atoms with E-state index in [9.17, 15) is 0 Å². The molecule has 0 spiro atoms. The zero-order valence-corrected chi connectivity index (χ0v) is 34.2. The average molecular weight is 795 g/mol. The minimum Gasteiger partial charge on any atom is -0.314 e. The molecule has 12 aromatic rings. The molecular weight excluding hydrogens is 757 g/mol. The van der Waals surface area contributed by atoms with E-state index in [1.165, 1.54) is 119 Å². The van der Waals surface area contributed by atoms with Gasteiger partial charge in [0.15, 0.2) is 0 Å². The van der Waals surface area contributed by atoms with Crippen LogP contribution in [-0.4, -0.2) is 4.57 Å². The summed E-state index contributed by atoms with van der Waals surface area (Å²) in [7, 11) is 0. The number of hydrogen-bond donors (Lipinski definition) is 0. The van der Waals surface area contributed by atoms with Crippen molar-refractivity contribution in [3.63, 3.8) is 0 Å². The number of para-hydroxylation sites is 1. The zero-order valence-electron chi connectivity index (χ0n) is 33.3. The molecule has 0 saturated carbocycles. The summed E-state index contributed by atoms with van der Waals surface area (Å²) in [4.78, 5) is 2.52. The van der Waals surface area contributed by atoms with Gasteiger partial charge in [-0.1, -0.05) is 140 Å². The molecule has 0 unspecified atom stereocenters. The number of rotatable bonds is 5. The molecule has 286 valence electrons. The summed E-state index contributed by atoms with van der Waals surface area (Å²) >= 11 is 1.87. The van der Waals surface area contributed by atoms with Crippen LogP contribution in [0.4, 0.5) is 11.4 Å².